The number of methoxy groups -OCH3 is 1. The molecule has 2 heterocycles. The Hall–Kier alpha value is -1.30. The normalized spacial score (nSPS) is 10.6. The molecule has 0 atom stereocenters. The van der Waals surface area contributed by atoms with Crippen molar-refractivity contribution < 1.29 is 4.74 Å². The number of nitrogen functional groups attached to an aromatic ring is 1. The van der Waals surface area contributed by atoms with Gasteiger partial charge in [0.25, 0.3) is 0 Å². The minimum atomic E-state index is 0.440. The number of nitrogens with zero attached hydrogens (tertiary/aromatic N) is 3. The number of nitrogens with two attached hydrogens (primary N) is 1. The summed E-state index contributed by atoms with van der Waals surface area (Å²) < 4.78 is 7.44. The van der Waals surface area contributed by atoms with E-state index < -0.39 is 0 Å². The summed E-state index contributed by atoms with van der Waals surface area (Å²) in [6, 6.07) is 0. The first kappa shape index (κ1) is 8.31. The Morgan fingerprint density at radius 1 is 1.62 bits per heavy atom. The number of halogens is 1. The van der Waals surface area contributed by atoms with Crippen LogP contribution in [0.1, 0.15) is 0 Å². The molecule has 2 aromatic rings. The molecular weight excluding hydrogens is 236 g/mol. The molecule has 0 saturated carbocycles. The van der Waals surface area contributed by atoms with E-state index in [4.69, 9.17) is 10.5 Å². The Bertz CT molecular complexity index is 453. The summed E-state index contributed by atoms with van der Waals surface area (Å²) in [5.41, 5.74) is 6.28. The molecule has 2 rings (SSSR count). The first-order chi connectivity index (χ1) is 6.22. The molecule has 2 N–H and O–H groups in total. The van der Waals surface area contributed by atoms with Crippen molar-refractivity contribution in [2.24, 2.45) is 0 Å². The Morgan fingerprint density at radius 2 is 2.38 bits per heavy atom. The number of hydrogen-bond acceptors (Lipinski definition) is 4. The minimum Gasteiger partial charge on any atom is -0.480 e. The van der Waals surface area contributed by atoms with Gasteiger partial charge in [0.1, 0.15) is 4.60 Å². The molecule has 68 valence electrons. The highest BCUT2D eigenvalue weighted by atomic mass is 79.9. The van der Waals surface area contributed by atoms with E-state index in [1.807, 2.05) is 0 Å². The summed E-state index contributed by atoms with van der Waals surface area (Å²) in [5, 5.41) is 0. The first-order valence-electron chi connectivity index (χ1n) is 3.55. The lowest BCUT2D eigenvalue weighted by molar-refractivity contribution is 0.395. The molecule has 0 radical (unpaired) electrons. The van der Waals surface area contributed by atoms with Crippen LogP contribution in [0.25, 0.3) is 5.65 Å². The second-order valence-electron chi connectivity index (χ2n) is 2.45. The third kappa shape index (κ3) is 1.23. The summed E-state index contributed by atoms with van der Waals surface area (Å²) in [5.74, 6) is 0.959. The van der Waals surface area contributed by atoms with Gasteiger partial charge in [0.2, 0.25) is 5.88 Å². The molecule has 0 amide bonds. The van der Waals surface area contributed by atoms with Gasteiger partial charge in [-0.25, -0.2) is 9.97 Å². The van der Waals surface area contributed by atoms with Crippen LogP contribution in [0.15, 0.2) is 17.0 Å². The van der Waals surface area contributed by atoms with Gasteiger partial charge in [0.15, 0.2) is 11.5 Å². The molecular formula is C7H7BrN4O. The lowest BCUT2D eigenvalue weighted by Gasteiger charge is -1.98. The SMILES string of the molecule is COc1cn2c(Br)c(N)nc2cn1. The summed E-state index contributed by atoms with van der Waals surface area (Å²) >= 11 is 3.31. The molecule has 0 saturated heterocycles. The predicted octanol–water partition coefficient (Wildman–Crippen LogP) is 1.08. The van der Waals surface area contributed by atoms with Gasteiger partial charge in [0.05, 0.1) is 19.5 Å². The van der Waals surface area contributed by atoms with Crippen molar-refractivity contribution in [2.75, 3.05) is 12.8 Å². The van der Waals surface area contributed by atoms with Crippen LogP contribution in [0.3, 0.4) is 0 Å². The summed E-state index contributed by atoms with van der Waals surface area (Å²) in [6.45, 7) is 0. The van der Waals surface area contributed by atoms with E-state index in [2.05, 4.69) is 25.9 Å². The molecule has 0 aliphatic rings. The van der Waals surface area contributed by atoms with Gasteiger partial charge in [-0.2, -0.15) is 0 Å². The number of hydrogen-bond donors (Lipinski definition) is 1. The third-order valence-electron chi connectivity index (χ3n) is 1.66. The molecule has 0 unspecified atom stereocenters. The lowest BCUT2D eigenvalue weighted by Crippen LogP contribution is -1.92. The largest absolute Gasteiger partial charge is 0.480 e. The van der Waals surface area contributed by atoms with E-state index in [9.17, 15) is 0 Å². The van der Waals surface area contributed by atoms with Crippen LogP contribution in [-0.2, 0) is 0 Å². The highest BCUT2D eigenvalue weighted by Gasteiger charge is 2.07. The highest BCUT2D eigenvalue weighted by molar-refractivity contribution is 9.10. The predicted molar refractivity (Wildman–Crippen MR) is 51.7 cm³/mol. The zero-order valence-corrected chi connectivity index (χ0v) is 8.45. The third-order valence-corrected chi connectivity index (χ3v) is 2.45. The van der Waals surface area contributed by atoms with Gasteiger partial charge >= 0.3 is 0 Å². The van der Waals surface area contributed by atoms with Crippen molar-refractivity contribution in [1.29, 1.82) is 0 Å². The van der Waals surface area contributed by atoms with Gasteiger partial charge < -0.3 is 10.5 Å². The van der Waals surface area contributed by atoms with Crippen molar-refractivity contribution in [2.45, 2.75) is 0 Å². The van der Waals surface area contributed by atoms with Gasteiger partial charge in [-0.3, -0.25) is 4.40 Å². The highest BCUT2D eigenvalue weighted by Crippen LogP contribution is 2.21. The fourth-order valence-electron chi connectivity index (χ4n) is 1.03. The lowest BCUT2D eigenvalue weighted by atomic mass is 10.6. The number of fused-ring (bicyclic) bond motifs is 1. The average Bonchev–Trinajstić information content (AvgIpc) is 2.43. The molecule has 0 fully saturated rings. The number of ether oxygens (including phenoxy) is 1. The van der Waals surface area contributed by atoms with Crippen molar-refractivity contribution >= 4 is 27.4 Å². The zero-order chi connectivity index (χ0) is 9.42. The summed E-state index contributed by atoms with van der Waals surface area (Å²) in [4.78, 5) is 8.06. The molecule has 0 aliphatic carbocycles. The van der Waals surface area contributed by atoms with Gasteiger partial charge in [-0.1, -0.05) is 0 Å². The van der Waals surface area contributed by atoms with Crippen molar-refractivity contribution in [3.05, 3.63) is 17.0 Å². The molecule has 5 nitrogen and oxygen atoms in total. The van der Waals surface area contributed by atoms with E-state index in [1.54, 1.807) is 23.9 Å². The molecule has 0 bridgehead atoms. The van der Waals surface area contributed by atoms with Crippen LogP contribution in [0.5, 0.6) is 5.88 Å². The molecule has 2 aromatic heterocycles. The van der Waals surface area contributed by atoms with E-state index in [0.717, 1.165) is 0 Å². The first-order valence-corrected chi connectivity index (χ1v) is 4.34. The van der Waals surface area contributed by atoms with Gasteiger partial charge in [-0.15, -0.1) is 0 Å². The minimum absolute atomic E-state index is 0.440. The van der Waals surface area contributed by atoms with E-state index in [0.29, 0.717) is 21.9 Å². The topological polar surface area (TPSA) is 65.4 Å². The maximum atomic E-state index is 5.60. The van der Waals surface area contributed by atoms with Crippen molar-refractivity contribution in [1.82, 2.24) is 14.4 Å². The van der Waals surface area contributed by atoms with Gasteiger partial charge in [0, 0.05) is 0 Å². The van der Waals surface area contributed by atoms with Crippen LogP contribution < -0.4 is 10.5 Å². The van der Waals surface area contributed by atoms with E-state index >= 15 is 0 Å². The Balaban J connectivity index is 2.75. The number of anilines is 1. The maximum Gasteiger partial charge on any atom is 0.230 e. The molecule has 0 spiro atoms. The summed E-state index contributed by atoms with van der Waals surface area (Å²) in [6.07, 6.45) is 3.31. The Labute approximate surface area is 82.7 Å². The second kappa shape index (κ2) is 2.88. The number of imidazole rings is 1. The molecule has 0 aromatic carbocycles. The fraction of sp³-hybridized carbons (Fsp3) is 0.143. The second-order valence-corrected chi connectivity index (χ2v) is 3.20. The van der Waals surface area contributed by atoms with E-state index in [1.165, 1.54) is 0 Å². The van der Waals surface area contributed by atoms with E-state index in [-0.39, 0.29) is 0 Å². The molecule has 13 heavy (non-hydrogen) atoms. The van der Waals surface area contributed by atoms with Crippen LogP contribution in [0.2, 0.25) is 0 Å². The Morgan fingerprint density at radius 3 is 3.08 bits per heavy atom. The van der Waals surface area contributed by atoms with Crippen LogP contribution in [0.4, 0.5) is 5.82 Å². The number of aromatic nitrogens is 3. The maximum absolute atomic E-state index is 5.60. The van der Waals surface area contributed by atoms with Gasteiger partial charge in [-0.05, 0) is 15.9 Å². The fourth-order valence-corrected chi connectivity index (χ4v) is 1.40. The molecule has 6 heteroatoms. The van der Waals surface area contributed by atoms with Crippen LogP contribution >= 0.6 is 15.9 Å². The van der Waals surface area contributed by atoms with Crippen LogP contribution in [-0.4, -0.2) is 21.5 Å². The standard InChI is InChI=1S/C7H7BrN4O/c1-13-5-3-12-4(2-10-5)11-7(9)6(12)8/h2-3H,9H2,1H3. The zero-order valence-electron chi connectivity index (χ0n) is 6.86. The smallest absolute Gasteiger partial charge is 0.230 e. The number of rotatable bonds is 1. The summed E-state index contributed by atoms with van der Waals surface area (Å²) in [7, 11) is 1.56. The molecule has 0 aliphatic heterocycles. The van der Waals surface area contributed by atoms with Crippen LogP contribution in [0, 0.1) is 0 Å². The quantitative estimate of drug-likeness (QED) is 0.813. The Kier molecular flexibility index (Phi) is 1.84. The van der Waals surface area contributed by atoms with Crippen molar-refractivity contribution in [3.8, 4) is 5.88 Å². The van der Waals surface area contributed by atoms with Crippen molar-refractivity contribution in [3.63, 3.8) is 0 Å². The average molecular weight is 243 g/mol. The monoisotopic (exact) mass is 242 g/mol.